The third kappa shape index (κ3) is 3.62. The molecule has 0 radical (unpaired) electrons. The highest BCUT2D eigenvalue weighted by atomic mass is 19.4. The van der Waals surface area contributed by atoms with Crippen molar-refractivity contribution in [3.8, 4) is 0 Å². The summed E-state index contributed by atoms with van der Waals surface area (Å²) in [5.41, 5.74) is -5.72. The van der Waals surface area contributed by atoms with Crippen LogP contribution in [0.2, 0.25) is 0 Å². The molecular weight excluding hydrogens is 341 g/mol. The molecule has 134 valence electrons. The zero-order valence-corrected chi connectivity index (χ0v) is 13.1. The van der Waals surface area contributed by atoms with Crippen LogP contribution in [0.25, 0.3) is 0 Å². The number of rotatable bonds is 4. The van der Waals surface area contributed by atoms with Crippen LogP contribution in [-0.2, 0) is 15.7 Å². The fraction of sp³-hybridized carbons (Fsp3) is 0.500. The van der Waals surface area contributed by atoms with Crippen molar-refractivity contribution < 1.29 is 41.0 Å². The van der Waals surface area contributed by atoms with Gasteiger partial charge in [0.2, 0.25) is 0 Å². The maximum absolute atomic E-state index is 13.2. The third-order valence-corrected chi connectivity index (χ3v) is 3.10. The summed E-state index contributed by atoms with van der Waals surface area (Å²) in [4.78, 5) is 26.6. The topological polar surface area (TPSA) is 65.5 Å². The average Bonchev–Trinajstić information content (AvgIpc) is 2.49. The van der Waals surface area contributed by atoms with Crippen molar-refractivity contribution in [1.82, 2.24) is 4.98 Å². The number of carbonyl (C=O) groups excluding carboxylic acids is 2. The molecule has 5 nitrogen and oxygen atoms in total. The molecular formula is C14H14F5NO4. The summed E-state index contributed by atoms with van der Waals surface area (Å²) < 4.78 is 74.7. The highest BCUT2D eigenvalue weighted by Crippen LogP contribution is 2.39. The van der Waals surface area contributed by atoms with Crippen LogP contribution in [0.15, 0.2) is 0 Å². The van der Waals surface area contributed by atoms with Crippen molar-refractivity contribution in [2.24, 2.45) is 0 Å². The first-order valence-electron chi connectivity index (χ1n) is 6.57. The first-order valence-corrected chi connectivity index (χ1v) is 6.57. The number of hydrogen-bond acceptors (Lipinski definition) is 5. The molecule has 0 aromatic carbocycles. The quantitative estimate of drug-likeness (QED) is 0.608. The van der Waals surface area contributed by atoms with Gasteiger partial charge in [0.1, 0.15) is 5.69 Å². The van der Waals surface area contributed by atoms with Gasteiger partial charge in [0, 0.05) is 0 Å². The smallest absolute Gasteiger partial charge is 0.434 e. The van der Waals surface area contributed by atoms with Crippen LogP contribution in [0, 0.1) is 0 Å². The van der Waals surface area contributed by atoms with Crippen LogP contribution in [-0.4, -0.2) is 31.1 Å². The zero-order valence-electron chi connectivity index (χ0n) is 13.1. The Balaban J connectivity index is 4.10. The molecule has 0 fully saturated rings. The van der Waals surface area contributed by atoms with Gasteiger partial charge >= 0.3 is 18.1 Å². The molecule has 1 rings (SSSR count). The predicted molar refractivity (Wildman–Crippen MR) is 71.0 cm³/mol. The number of halogens is 5. The Kier molecular flexibility index (Phi) is 5.85. The van der Waals surface area contributed by atoms with Gasteiger partial charge in [0.05, 0.1) is 25.3 Å². The summed E-state index contributed by atoms with van der Waals surface area (Å²) >= 11 is 0. The molecule has 0 aliphatic carbocycles. The van der Waals surface area contributed by atoms with E-state index in [1.807, 2.05) is 0 Å². The third-order valence-electron chi connectivity index (χ3n) is 3.10. The van der Waals surface area contributed by atoms with Crippen LogP contribution >= 0.6 is 0 Å². The second-order valence-electron chi connectivity index (χ2n) is 4.95. The number of aromatic nitrogens is 1. The number of ether oxygens (including phenoxy) is 2. The zero-order chi connectivity index (χ0) is 18.8. The molecule has 1 aromatic rings. The SMILES string of the molecule is COC(=O)c1c(C(F)F)nc(C(F)(F)F)c(C(=O)OC)c1C(C)C. The van der Waals surface area contributed by atoms with Crippen molar-refractivity contribution in [1.29, 1.82) is 0 Å². The lowest BCUT2D eigenvalue weighted by Crippen LogP contribution is -2.25. The Morgan fingerprint density at radius 3 is 1.79 bits per heavy atom. The first-order chi connectivity index (χ1) is 11.0. The van der Waals surface area contributed by atoms with E-state index in [1.165, 1.54) is 13.8 Å². The van der Waals surface area contributed by atoms with Gasteiger partial charge in [0.25, 0.3) is 6.43 Å². The summed E-state index contributed by atoms with van der Waals surface area (Å²) in [6, 6.07) is 0. The second-order valence-corrected chi connectivity index (χ2v) is 4.95. The highest BCUT2D eigenvalue weighted by Gasteiger charge is 2.43. The number of esters is 2. The van der Waals surface area contributed by atoms with Gasteiger partial charge in [-0.25, -0.2) is 23.4 Å². The van der Waals surface area contributed by atoms with E-state index in [0.29, 0.717) is 0 Å². The summed E-state index contributed by atoms with van der Waals surface area (Å²) in [6.07, 6.45) is -8.68. The number of nitrogens with zero attached hydrogens (tertiary/aromatic N) is 1. The lowest BCUT2D eigenvalue weighted by Gasteiger charge is -2.22. The molecule has 0 spiro atoms. The molecule has 0 saturated carbocycles. The van der Waals surface area contributed by atoms with Crippen molar-refractivity contribution in [2.45, 2.75) is 32.4 Å². The van der Waals surface area contributed by atoms with Crippen LogP contribution in [0.1, 0.15) is 63.9 Å². The number of carbonyl (C=O) groups is 2. The van der Waals surface area contributed by atoms with Crippen molar-refractivity contribution >= 4 is 11.9 Å². The van der Waals surface area contributed by atoms with Crippen LogP contribution in [0.4, 0.5) is 22.0 Å². The van der Waals surface area contributed by atoms with Gasteiger partial charge in [-0.05, 0) is 11.5 Å². The van der Waals surface area contributed by atoms with Crippen LogP contribution < -0.4 is 0 Å². The van der Waals surface area contributed by atoms with E-state index in [1.54, 1.807) is 0 Å². The van der Waals surface area contributed by atoms with E-state index in [9.17, 15) is 31.5 Å². The summed E-state index contributed by atoms with van der Waals surface area (Å²) in [6.45, 7) is 2.67. The van der Waals surface area contributed by atoms with E-state index in [4.69, 9.17) is 0 Å². The van der Waals surface area contributed by atoms with E-state index >= 15 is 0 Å². The number of methoxy groups -OCH3 is 2. The summed E-state index contributed by atoms with van der Waals surface area (Å²) in [5, 5.41) is 0. The molecule has 0 aliphatic heterocycles. The largest absolute Gasteiger partial charge is 0.465 e. The van der Waals surface area contributed by atoms with Crippen molar-refractivity contribution in [3.63, 3.8) is 0 Å². The van der Waals surface area contributed by atoms with Crippen molar-refractivity contribution in [3.05, 3.63) is 28.1 Å². The Morgan fingerprint density at radius 1 is 1.00 bits per heavy atom. The van der Waals surface area contributed by atoms with Gasteiger partial charge in [-0.1, -0.05) is 13.8 Å². The number of pyridine rings is 1. The maximum Gasteiger partial charge on any atom is 0.434 e. The highest BCUT2D eigenvalue weighted by molar-refractivity contribution is 6.00. The molecule has 0 unspecified atom stereocenters. The molecule has 0 aliphatic rings. The summed E-state index contributed by atoms with van der Waals surface area (Å²) in [7, 11) is 1.70. The van der Waals surface area contributed by atoms with Crippen LogP contribution in [0.5, 0.6) is 0 Å². The van der Waals surface area contributed by atoms with Gasteiger partial charge in [-0.3, -0.25) is 0 Å². The normalized spacial score (nSPS) is 11.8. The fourth-order valence-electron chi connectivity index (χ4n) is 2.19. The Labute approximate surface area is 133 Å². The monoisotopic (exact) mass is 355 g/mol. The lowest BCUT2D eigenvalue weighted by atomic mass is 9.89. The van der Waals surface area contributed by atoms with Gasteiger partial charge in [0.15, 0.2) is 5.69 Å². The Bertz CT molecular complexity index is 656. The van der Waals surface area contributed by atoms with Gasteiger partial charge in [-0.15, -0.1) is 0 Å². The second kappa shape index (κ2) is 7.10. The van der Waals surface area contributed by atoms with Gasteiger partial charge in [-0.2, -0.15) is 13.2 Å². The minimum Gasteiger partial charge on any atom is -0.465 e. The Hall–Kier alpha value is -2.26. The van der Waals surface area contributed by atoms with Crippen molar-refractivity contribution in [2.75, 3.05) is 14.2 Å². The molecule has 10 heteroatoms. The lowest BCUT2D eigenvalue weighted by molar-refractivity contribution is -0.142. The molecule has 0 amide bonds. The van der Waals surface area contributed by atoms with Gasteiger partial charge < -0.3 is 9.47 Å². The first kappa shape index (κ1) is 19.8. The standard InChI is InChI=1S/C14H14F5NO4/c1-5(2)6-7(12(21)23-3)9(11(15)16)20-10(14(17,18)19)8(6)13(22)24-4/h5,11H,1-4H3. The molecule has 1 heterocycles. The average molecular weight is 355 g/mol. The molecule has 0 atom stereocenters. The predicted octanol–water partition coefficient (Wildman–Crippen LogP) is 3.73. The fourth-order valence-corrected chi connectivity index (χ4v) is 2.19. The molecule has 0 bridgehead atoms. The van der Waals surface area contributed by atoms with Crippen LogP contribution in [0.3, 0.4) is 0 Å². The molecule has 24 heavy (non-hydrogen) atoms. The van der Waals surface area contributed by atoms with E-state index in [-0.39, 0.29) is 0 Å². The van der Waals surface area contributed by atoms with E-state index in [2.05, 4.69) is 14.5 Å². The molecule has 0 saturated heterocycles. The van der Waals surface area contributed by atoms with E-state index in [0.717, 1.165) is 14.2 Å². The van der Waals surface area contributed by atoms with E-state index < -0.39 is 58.5 Å². The number of alkyl halides is 5. The molecule has 1 aromatic heterocycles. The molecule has 0 N–H and O–H groups in total. The maximum atomic E-state index is 13.2. The summed E-state index contributed by atoms with van der Waals surface area (Å²) in [5.74, 6) is -3.65. The minimum atomic E-state index is -5.20. The minimum absolute atomic E-state index is 0.550. The Morgan fingerprint density at radius 2 is 1.46 bits per heavy atom. The number of hydrogen-bond donors (Lipinski definition) is 0.